The van der Waals surface area contributed by atoms with Crippen molar-refractivity contribution in [2.24, 2.45) is 0 Å². The molecule has 2 amide bonds. The number of benzene rings is 1. The number of hydrogen-bond acceptors (Lipinski definition) is 3. The molecule has 0 radical (unpaired) electrons. The van der Waals surface area contributed by atoms with Crippen LogP contribution in [-0.4, -0.2) is 46.4 Å². The molecular weight excluding hydrogens is 316 g/mol. The molecule has 1 aliphatic heterocycles. The Labute approximate surface area is 148 Å². The number of nitrogens with zero attached hydrogens (tertiary/aromatic N) is 3. The molecule has 3 rings (SSSR count). The Morgan fingerprint density at radius 2 is 2.20 bits per heavy atom. The van der Waals surface area contributed by atoms with Gasteiger partial charge in [-0.2, -0.15) is 5.10 Å². The third-order valence-corrected chi connectivity index (χ3v) is 4.63. The van der Waals surface area contributed by atoms with Crippen molar-refractivity contribution >= 4 is 6.03 Å². The fourth-order valence-electron chi connectivity index (χ4n) is 3.15. The van der Waals surface area contributed by atoms with Crippen LogP contribution in [0.1, 0.15) is 30.6 Å². The van der Waals surface area contributed by atoms with Gasteiger partial charge in [0.05, 0.1) is 19.2 Å². The molecule has 0 saturated carbocycles. The Morgan fingerprint density at radius 1 is 1.36 bits per heavy atom. The van der Waals surface area contributed by atoms with Crippen LogP contribution in [0.4, 0.5) is 4.79 Å². The molecule has 1 N–H and O–H groups in total. The highest BCUT2D eigenvalue weighted by molar-refractivity contribution is 5.74. The van der Waals surface area contributed by atoms with E-state index in [9.17, 15) is 4.79 Å². The van der Waals surface area contributed by atoms with E-state index in [1.54, 1.807) is 6.20 Å². The Kier molecular flexibility index (Phi) is 5.71. The number of rotatable bonds is 5. The van der Waals surface area contributed by atoms with Gasteiger partial charge >= 0.3 is 6.03 Å². The number of morpholine rings is 1. The molecule has 1 aromatic heterocycles. The standard InChI is InChI=1S/C19H26N4O2/c1-15-7-3-4-8-17(15)18-13-23(16(2)14-25-18)19(24)20-9-5-11-22-12-6-10-21-22/h3-4,6-8,10,12,16,18H,5,9,11,13-14H2,1-2H3,(H,20,24)/t16-,18+/m1/s1. The van der Waals surface area contributed by atoms with E-state index in [0.29, 0.717) is 19.7 Å². The van der Waals surface area contributed by atoms with Crippen molar-refractivity contribution < 1.29 is 9.53 Å². The van der Waals surface area contributed by atoms with Crippen LogP contribution in [-0.2, 0) is 11.3 Å². The summed E-state index contributed by atoms with van der Waals surface area (Å²) in [6.45, 7) is 6.68. The first kappa shape index (κ1) is 17.5. The van der Waals surface area contributed by atoms with Gasteiger partial charge in [-0.15, -0.1) is 0 Å². The quantitative estimate of drug-likeness (QED) is 0.850. The molecule has 2 atom stereocenters. The Bertz CT molecular complexity index is 686. The first-order valence-corrected chi connectivity index (χ1v) is 8.84. The number of aromatic nitrogens is 2. The van der Waals surface area contributed by atoms with E-state index in [0.717, 1.165) is 18.5 Å². The van der Waals surface area contributed by atoms with E-state index in [-0.39, 0.29) is 18.2 Å². The van der Waals surface area contributed by atoms with Crippen LogP contribution in [0.3, 0.4) is 0 Å². The van der Waals surface area contributed by atoms with Crippen LogP contribution in [0.15, 0.2) is 42.7 Å². The molecular formula is C19H26N4O2. The topological polar surface area (TPSA) is 59.4 Å². The maximum Gasteiger partial charge on any atom is 0.317 e. The summed E-state index contributed by atoms with van der Waals surface area (Å²) in [5, 5.41) is 7.19. The smallest absolute Gasteiger partial charge is 0.317 e. The molecule has 6 nitrogen and oxygen atoms in total. The zero-order chi connectivity index (χ0) is 17.6. The zero-order valence-electron chi connectivity index (χ0n) is 14.9. The molecule has 25 heavy (non-hydrogen) atoms. The Balaban J connectivity index is 1.52. The largest absolute Gasteiger partial charge is 0.370 e. The number of ether oxygens (including phenoxy) is 1. The van der Waals surface area contributed by atoms with Crippen LogP contribution in [0.5, 0.6) is 0 Å². The first-order valence-electron chi connectivity index (χ1n) is 8.84. The molecule has 1 fully saturated rings. The molecule has 1 aromatic carbocycles. The number of carbonyl (C=O) groups excluding carboxylic acids is 1. The lowest BCUT2D eigenvalue weighted by atomic mass is 10.0. The molecule has 0 aliphatic carbocycles. The number of carbonyl (C=O) groups is 1. The lowest BCUT2D eigenvalue weighted by Crippen LogP contribution is -2.52. The van der Waals surface area contributed by atoms with Gasteiger partial charge in [0.1, 0.15) is 6.10 Å². The van der Waals surface area contributed by atoms with Crippen molar-refractivity contribution in [3.63, 3.8) is 0 Å². The van der Waals surface area contributed by atoms with Crippen molar-refractivity contribution in [2.75, 3.05) is 19.7 Å². The van der Waals surface area contributed by atoms with Crippen LogP contribution >= 0.6 is 0 Å². The highest BCUT2D eigenvalue weighted by Crippen LogP contribution is 2.27. The monoisotopic (exact) mass is 342 g/mol. The second-order valence-electron chi connectivity index (χ2n) is 6.53. The van der Waals surface area contributed by atoms with Crippen molar-refractivity contribution in [1.29, 1.82) is 0 Å². The van der Waals surface area contributed by atoms with E-state index in [4.69, 9.17) is 4.74 Å². The van der Waals surface area contributed by atoms with Crippen LogP contribution in [0.25, 0.3) is 0 Å². The number of hydrogen-bond donors (Lipinski definition) is 1. The van der Waals surface area contributed by atoms with Crippen molar-refractivity contribution in [3.05, 3.63) is 53.9 Å². The van der Waals surface area contributed by atoms with E-state index in [1.807, 2.05) is 40.9 Å². The van der Waals surface area contributed by atoms with E-state index in [2.05, 4.69) is 29.5 Å². The maximum atomic E-state index is 12.6. The van der Waals surface area contributed by atoms with Gasteiger partial charge in [0.25, 0.3) is 0 Å². The Hall–Kier alpha value is -2.34. The van der Waals surface area contributed by atoms with Crippen molar-refractivity contribution in [1.82, 2.24) is 20.0 Å². The van der Waals surface area contributed by atoms with Gasteiger partial charge in [0.2, 0.25) is 0 Å². The van der Waals surface area contributed by atoms with Gasteiger partial charge in [-0.25, -0.2) is 4.79 Å². The summed E-state index contributed by atoms with van der Waals surface area (Å²) in [5.41, 5.74) is 2.35. The van der Waals surface area contributed by atoms with E-state index < -0.39 is 0 Å². The van der Waals surface area contributed by atoms with E-state index >= 15 is 0 Å². The minimum Gasteiger partial charge on any atom is -0.370 e. The average molecular weight is 342 g/mol. The van der Waals surface area contributed by atoms with Crippen molar-refractivity contribution in [2.45, 2.75) is 39.0 Å². The summed E-state index contributed by atoms with van der Waals surface area (Å²) >= 11 is 0. The minimum absolute atomic E-state index is 0.0187. The lowest BCUT2D eigenvalue weighted by molar-refractivity contribution is -0.0430. The third-order valence-electron chi connectivity index (χ3n) is 4.63. The van der Waals surface area contributed by atoms with E-state index in [1.165, 1.54) is 5.56 Å². The van der Waals surface area contributed by atoms with Gasteiger partial charge < -0.3 is 15.0 Å². The second kappa shape index (κ2) is 8.16. The van der Waals surface area contributed by atoms with Gasteiger partial charge in [0.15, 0.2) is 0 Å². The summed E-state index contributed by atoms with van der Waals surface area (Å²) in [6.07, 6.45) is 4.48. The number of nitrogens with one attached hydrogen (secondary N) is 1. The normalized spacial score (nSPS) is 20.5. The summed E-state index contributed by atoms with van der Waals surface area (Å²) < 4.78 is 7.85. The first-order chi connectivity index (χ1) is 12.1. The van der Waals surface area contributed by atoms with Gasteiger partial charge in [-0.1, -0.05) is 24.3 Å². The summed E-state index contributed by atoms with van der Waals surface area (Å²) in [5.74, 6) is 0. The predicted molar refractivity (Wildman–Crippen MR) is 96.3 cm³/mol. The fourth-order valence-corrected chi connectivity index (χ4v) is 3.15. The summed E-state index contributed by atoms with van der Waals surface area (Å²) in [7, 11) is 0. The zero-order valence-corrected chi connectivity index (χ0v) is 14.9. The molecule has 2 aromatic rings. The molecule has 6 heteroatoms. The maximum absolute atomic E-state index is 12.6. The lowest BCUT2D eigenvalue weighted by Gasteiger charge is -2.38. The molecule has 1 aliphatic rings. The molecule has 1 saturated heterocycles. The van der Waals surface area contributed by atoms with Gasteiger partial charge in [0, 0.05) is 25.5 Å². The summed E-state index contributed by atoms with van der Waals surface area (Å²) in [6, 6.07) is 10.2. The Morgan fingerprint density at radius 3 is 2.96 bits per heavy atom. The summed E-state index contributed by atoms with van der Waals surface area (Å²) in [4.78, 5) is 14.5. The molecule has 2 heterocycles. The fraction of sp³-hybridized carbons (Fsp3) is 0.474. The average Bonchev–Trinajstić information content (AvgIpc) is 3.13. The molecule has 134 valence electrons. The minimum atomic E-state index is -0.0628. The van der Waals surface area contributed by atoms with Gasteiger partial charge in [-0.05, 0) is 37.5 Å². The number of amides is 2. The van der Waals surface area contributed by atoms with Crippen LogP contribution in [0, 0.1) is 6.92 Å². The highest BCUT2D eigenvalue weighted by atomic mass is 16.5. The van der Waals surface area contributed by atoms with Crippen LogP contribution < -0.4 is 5.32 Å². The third kappa shape index (κ3) is 4.39. The van der Waals surface area contributed by atoms with Crippen LogP contribution in [0.2, 0.25) is 0 Å². The SMILES string of the molecule is Cc1ccccc1[C@@H]1CN(C(=O)NCCCn2cccn2)[C@H](C)CO1. The highest BCUT2D eigenvalue weighted by Gasteiger charge is 2.30. The second-order valence-corrected chi connectivity index (χ2v) is 6.53. The van der Waals surface area contributed by atoms with Crippen molar-refractivity contribution in [3.8, 4) is 0 Å². The van der Waals surface area contributed by atoms with Gasteiger partial charge in [-0.3, -0.25) is 4.68 Å². The molecule has 0 unspecified atom stereocenters. The molecule has 0 spiro atoms. The number of urea groups is 1. The molecule has 0 bridgehead atoms. The number of aryl methyl sites for hydroxylation is 2. The predicted octanol–water partition coefficient (Wildman–Crippen LogP) is 2.75.